The Labute approximate surface area is 145 Å². The molecule has 128 valence electrons. The van der Waals surface area contributed by atoms with Crippen LogP contribution in [-0.2, 0) is 11.2 Å². The maximum absolute atomic E-state index is 12.4. The first-order valence-corrected chi connectivity index (χ1v) is 8.59. The van der Waals surface area contributed by atoms with Gasteiger partial charge in [-0.2, -0.15) is 0 Å². The van der Waals surface area contributed by atoms with Crippen molar-refractivity contribution in [2.45, 2.75) is 32.2 Å². The van der Waals surface area contributed by atoms with E-state index in [1.54, 1.807) is 12.4 Å². The Kier molecular flexibility index (Phi) is 4.28. The highest BCUT2D eigenvalue weighted by Gasteiger charge is 2.22. The average molecular weight is 336 g/mol. The predicted octanol–water partition coefficient (Wildman–Crippen LogP) is 2.88. The van der Waals surface area contributed by atoms with Gasteiger partial charge in [-0.15, -0.1) is 0 Å². The van der Waals surface area contributed by atoms with Gasteiger partial charge in [0, 0.05) is 23.3 Å². The molecule has 0 saturated carbocycles. The second-order valence-corrected chi connectivity index (χ2v) is 6.61. The number of oxazole rings is 1. The van der Waals surface area contributed by atoms with Gasteiger partial charge in [-0.1, -0.05) is 0 Å². The van der Waals surface area contributed by atoms with Crippen LogP contribution in [0.5, 0.6) is 0 Å². The number of nitrogens with zero attached hydrogens (tertiary/aromatic N) is 4. The van der Waals surface area contributed by atoms with E-state index in [4.69, 9.17) is 4.42 Å². The Morgan fingerprint density at radius 3 is 3.04 bits per heavy atom. The summed E-state index contributed by atoms with van der Waals surface area (Å²) < 4.78 is 5.30. The monoisotopic (exact) mass is 336 g/mol. The molecule has 4 rings (SSSR count). The molecule has 3 aromatic heterocycles. The first-order valence-electron chi connectivity index (χ1n) is 8.59. The van der Waals surface area contributed by atoms with Gasteiger partial charge in [0.2, 0.25) is 0 Å². The molecule has 1 fully saturated rings. The van der Waals surface area contributed by atoms with Crippen molar-refractivity contribution < 1.29 is 9.21 Å². The fraction of sp³-hybridized carbons (Fsp3) is 0.368. The van der Waals surface area contributed by atoms with Crippen molar-refractivity contribution in [1.29, 1.82) is 0 Å². The minimum absolute atomic E-state index is 0.201. The molecule has 1 aliphatic rings. The Hall–Kier alpha value is -2.60. The number of likely N-dealkylation sites (tertiary alicyclic amines) is 1. The van der Waals surface area contributed by atoms with Crippen LogP contribution in [0.15, 0.2) is 41.4 Å². The van der Waals surface area contributed by atoms with Crippen LogP contribution < -0.4 is 0 Å². The highest BCUT2D eigenvalue weighted by Crippen LogP contribution is 2.21. The number of Topliss-reactive ketones (excluding diaryl/α,β-unsaturated/α-hetero) is 1. The van der Waals surface area contributed by atoms with Crippen LogP contribution in [0.2, 0.25) is 0 Å². The topological polar surface area (TPSA) is 72.1 Å². The van der Waals surface area contributed by atoms with E-state index in [9.17, 15) is 4.79 Å². The smallest absolute Gasteiger partial charge is 0.181 e. The van der Waals surface area contributed by atoms with Gasteiger partial charge in [-0.3, -0.25) is 14.7 Å². The molecule has 4 heterocycles. The van der Waals surface area contributed by atoms with Gasteiger partial charge >= 0.3 is 0 Å². The first-order chi connectivity index (χ1) is 12.2. The number of hydrogen-bond acceptors (Lipinski definition) is 6. The molecule has 1 saturated heterocycles. The zero-order chi connectivity index (χ0) is 17.2. The molecule has 6 heteroatoms. The van der Waals surface area contributed by atoms with Gasteiger partial charge in [-0.05, 0) is 44.5 Å². The summed E-state index contributed by atoms with van der Waals surface area (Å²) in [7, 11) is 0. The van der Waals surface area contributed by atoms with Crippen molar-refractivity contribution in [3.05, 3.63) is 42.7 Å². The normalized spacial score (nSPS) is 18.0. The molecule has 0 aliphatic carbocycles. The number of ketones is 1. The Bertz CT molecular complexity index is 892. The summed E-state index contributed by atoms with van der Waals surface area (Å²) in [6.07, 6.45) is 7.49. The summed E-state index contributed by atoms with van der Waals surface area (Å²) >= 11 is 0. The molecule has 0 amide bonds. The number of carbonyl (C=O) groups is 1. The summed E-state index contributed by atoms with van der Waals surface area (Å²) in [5.41, 5.74) is 2.28. The maximum Gasteiger partial charge on any atom is 0.181 e. The number of aromatic nitrogens is 3. The molecule has 0 N–H and O–H groups in total. The zero-order valence-electron chi connectivity index (χ0n) is 14.2. The van der Waals surface area contributed by atoms with Crippen molar-refractivity contribution in [2.75, 3.05) is 13.1 Å². The molecule has 0 spiro atoms. The minimum atomic E-state index is 0.201. The van der Waals surface area contributed by atoms with Crippen LogP contribution in [0.4, 0.5) is 0 Å². The van der Waals surface area contributed by atoms with Crippen molar-refractivity contribution in [3.8, 4) is 11.5 Å². The molecule has 25 heavy (non-hydrogen) atoms. The van der Waals surface area contributed by atoms with Gasteiger partial charge in [0.1, 0.15) is 5.69 Å². The second-order valence-electron chi connectivity index (χ2n) is 6.61. The van der Waals surface area contributed by atoms with E-state index in [2.05, 4.69) is 26.8 Å². The number of pyridine rings is 2. The quantitative estimate of drug-likeness (QED) is 0.713. The molecule has 6 nitrogen and oxygen atoms in total. The first kappa shape index (κ1) is 15.9. The third-order valence-electron chi connectivity index (χ3n) is 4.76. The molecule has 1 atom stereocenters. The fourth-order valence-corrected chi connectivity index (χ4v) is 3.35. The van der Waals surface area contributed by atoms with Crippen molar-refractivity contribution in [2.24, 2.45) is 0 Å². The van der Waals surface area contributed by atoms with Gasteiger partial charge < -0.3 is 4.42 Å². The number of carbonyl (C=O) groups excluding carboxylic acids is 1. The molecule has 0 aromatic carbocycles. The highest BCUT2D eigenvalue weighted by molar-refractivity contribution is 5.85. The Balaban J connectivity index is 1.52. The van der Waals surface area contributed by atoms with Crippen LogP contribution in [0.3, 0.4) is 0 Å². The van der Waals surface area contributed by atoms with Crippen molar-refractivity contribution >= 4 is 16.7 Å². The van der Waals surface area contributed by atoms with Crippen LogP contribution in [0.1, 0.15) is 25.5 Å². The highest BCUT2D eigenvalue weighted by atomic mass is 16.3. The van der Waals surface area contributed by atoms with Gasteiger partial charge in [0.05, 0.1) is 24.7 Å². The minimum Gasteiger partial charge on any atom is -0.442 e. The fourth-order valence-electron chi connectivity index (χ4n) is 3.35. The largest absolute Gasteiger partial charge is 0.442 e. The van der Waals surface area contributed by atoms with Gasteiger partial charge in [-0.25, -0.2) is 9.97 Å². The van der Waals surface area contributed by atoms with Gasteiger partial charge in [0.15, 0.2) is 17.9 Å². The van der Waals surface area contributed by atoms with E-state index in [0.29, 0.717) is 24.8 Å². The summed E-state index contributed by atoms with van der Waals surface area (Å²) in [6.45, 7) is 3.70. The number of hydrogen-bond donors (Lipinski definition) is 0. The third kappa shape index (κ3) is 3.44. The summed E-state index contributed by atoms with van der Waals surface area (Å²) in [5.74, 6) is 0.825. The second kappa shape index (κ2) is 6.72. The predicted molar refractivity (Wildman–Crippen MR) is 94.0 cm³/mol. The lowest BCUT2D eigenvalue weighted by Crippen LogP contribution is -2.33. The molecule has 0 bridgehead atoms. The van der Waals surface area contributed by atoms with Crippen molar-refractivity contribution in [3.63, 3.8) is 0 Å². The van der Waals surface area contributed by atoms with E-state index in [1.165, 1.54) is 19.2 Å². The maximum atomic E-state index is 12.4. The molecule has 3 aromatic rings. The lowest BCUT2D eigenvalue weighted by atomic mass is 10.1. The number of fused-ring (bicyclic) bond motifs is 1. The van der Waals surface area contributed by atoms with E-state index in [-0.39, 0.29) is 5.78 Å². The lowest BCUT2D eigenvalue weighted by Gasteiger charge is -2.19. The molecule has 1 aliphatic heterocycles. The van der Waals surface area contributed by atoms with Crippen LogP contribution in [-0.4, -0.2) is 44.8 Å². The summed E-state index contributed by atoms with van der Waals surface area (Å²) in [6, 6.07) is 6.22. The van der Waals surface area contributed by atoms with E-state index in [1.807, 2.05) is 18.2 Å². The molecular formula is C19H20N4O2. The SMILES string of the molecule is C[C@@H]1CCCN1CC(=O)Cc1cc2nc(-c3cnco3)ccc2cn1. The Morgan fingerprint density at radius 2 is 2.28 bits per heavy atom. The summed E-state index contributed by atoms with van der Waals surface area (Å²) in [5, 5.41) is 0.938. The van der Waals surface area contributed by atoms with E-state index >= 15 is 0 Å². The van der Waals surface area contributed by atoms with Crippen LogP contribution in [0.25, 0.3) is 22.4 Å². The zero-order valence-corrected chi connectivity index (χ0v) is 14.2. The average Bonchev–Trinajstić information content (AvgIpc) is 3.27. The third-order valence-corrected chi connectivity index (χ3v) is 4.76. The summed E-state index contributed by atoms with van der Waals surface area (Å²) in [4.78, 5) is 27.6. The lowest BCUT2D eigenvalue weighted by molar-refractivity contribution is -0.119. The Morgan fingerprint density at radius 1 is 1.36 bits per heavy atom. The van der Waals surface area contributed by atoms with Crippen LogP contribution in [0, 0.1) is 0 Å². The van der Waals surface area contributed by atoms with E-state index < -0.39 is 0 Å². The van der Waals surface area contributed by atoms with Gasteiger partial charge in [0.25, 0.3) is 0 Å². The van der Waals surface area contributed by atoms with E-state index in [0.717, 1.165) is 28.8 Å². The molecule has 0 radical (unpaired) electrons. The molecule has 0 unspecified atom stereocenters. The number of rotatable bonds is 5. The standard InChI is InChI=1S/C19H20N4O2/c1-13-3-2-6-23(13)11-16(24)7-15-8-18-14(9-21-15)4-5-17(22-18)19-10-20-12-25-19/h4-5,8-10,12-13H,2-3,6-7,11H2,1H3/t13-/m1/s1. The molecular weight excluding hydrogens is 316 g/mol. The van der Waals surface area contributed by atoms with Crippen molar-refractivity contribution in [1.82, 2.24) is 19.9 Å². The van der Waals surface area contributed by atoms with Crippen LogP contribution >= 0.6 is 0 Å².